The van der Waals surface area contributed by atoms with Crippen LogP contribution < -0.4 is 10.6 Å². The van der Waals surface area contributed by atoms with Crippen LogP contribution in [0.1, 0.15) is 16.1 Å². The number of amides is 2. The van der Waals surface area contributed by atoms with Gasteiger partial charge in [-0.2, -0.15) is 0 Å². The molecule has 31 heavy (non-hydrogen) atoms. The number of nitrogens with one attached hydrogen (secondary N) is 2. The monoisotopic (exact) mass is 487 g/mol. The maximum absolute atomic E-state index is 12.7. The zero-order valence-electron chi connectivity index (χ0n) is 17.1. The molecule has 0 fully saturated rings. The maximum Gasteiger partial charge on any atom is 0.408 e. The van der Waals surface area contributed by atoms with E-state index in [1.165, 1.54) is 7.11 Å². The minimum absolute atomic E-state index is 0.0533. The standard InChI is InChI=1S/C22H22BrN3O5/c1-26-18-10-6-9-16(23)15(18)11-19(26)20(27)24-12-17(21(28)30-2)25-22(29)31-13-14-7-4-3-5-8-14/h3-11,17H,12-13H2,1-2H3,(H,24,27)(H,25,29). The number of aryl methyl sites for hydroxylation is 1. The average molecular weight is 488 g/mol. The molecule has 0 bridgehead atoms. The second-order valence-electron chi connectivity index (χ2n) is 6.75. The molecule has 0 aliphatic heterocycles. The summed E-state index contributed by atoms with van der Waals surface area (Å²) in [5.41, 5.74) is 2.10. The Morgan fingerprint density at radius 2 is 1.84 bits per heavy atom. The zero-order valence-corrected chi connectivity index (χ0v) is 18.6. The fraction of sp³-hybridized carbons (Fsp3) is 0.227. The Hall–Kier alpha value is -3.33. The first-order chi connectivity index (χ1) is 14.9. The Morgan fingerprint density at radius 3 is 2.52 bits per heavy atom. The summed E-state index contributed by atoms with van der Waals surface area (Å²) < 4.78 is 12.5. The van der Waals surface area contributed by atoms with Crippen LogP contribution in [0.25, 0.3) is 10.9 Å². The molecule has 9 heteroatoms. The van der Waals surface area contributed by atoms with E-state index in [9.17, 15) is 14.4 Å². The minimum atomic E-state index is -1.10. The number of alkyl carbamates (subject to hydrolysis) is 1. The molecule has 162 valence electrons. The predicted molar refractivity (Wildman–Crippen MR) is 119 cm³/mol. The second kappa shape index (κ2) is 10.1. The zero-order chi connectivity index (χ0) is 22.4. The van der Waals surface area contributed by atoms with Gasteiger partial charge in [-0.25, -0.2) is 9.59 Å². The van der Waals surface area contributed by atoms with Gasteiger partial charge < -0.3 is 24.7 Å². The van der Waals surface area contributed by atoms with Crippen LogP contribution in [0.15, 0.2) is 59.1 Å². The number of nitrogens with zero attached hydrogens (tertiary/aromatic N) is 1. The Morgan fingerprint density at radius 1 is 1.10 bits per heavy atom. The molecule has 0 aliphatic rings. The number of carbonyl (C=O) groups is 3. The molecule has 8 nitrogen and oxygen atoms in total. The first-order valence-electron chi connectivity index (χ1n) is 9.48. The van der Waals surface area contributed by atoms with Crippen LogP contribution in [0.3, 0.4) is 0 Å². The number of rotatable bonds is 7. The lowest BCUT2D eigenvalue weighted by Crippen LogP contribution is -2.49. The predicted octanol–water partition coefficient (Wildman–Crippen LogP) is 3.14. The fourth-order valence-corrected chi connectivity index (χ4v) is 3.54. The van der Waals surface area contributed by atoms with Gasteiger partial charge in [-0.3, -0.25) is 4.79 Å². The van der Waals surface area contributed by atoms with Crippen molar-refractivity contribution in [3.8, 4) is 0 Å². The summed E-state index contributed by atoms with van der Waals surface area (Å²) in [7, 11) is 2.98. The van der Waals surface area contributed by atoms with Crippen LogP contribution in [0.4, 0.5) is 4.79 Å². The van der Waals surface area contributed by atoms with Crippen molar-refractivity contribution in [2.45, 2.75) is 12.6 Å². The Kier molecular flexibility index (Phi) is 7.30. The smallest absolute Gasteiger partial charge is 0.408 e. The van der Waals surface area contributed by atoms with Gasteiger partial charge in [-0.1, -0.05) is 52.3 Å². The number of hydrogen-bond acceptors (Lipinski definition) is 5. The highest BCUT2D eigenvalue weighted by molar-refractivity contribution is 9.10. The first kappa shape index (κ1) is 22.4. The van der Waals surface area contributed by atoms with E-state index in [2.05, 4.69) is 26.6 Å². The van der Waals surface area contributed by atoms with Gasteiger partial charge >= 0.3 is 12.1 Å². The van der Waals surface area contributed by atoms with Crippen molar-refractivity contribution in [2.24, 2.45) is 7.05 Å². The number of halogens is 1. The van der Waals surface area contributed by atoms with E-state index in [1.54, 1.807) is 17.7 Å². The van der Waals surface area contributed by atoms with Crippen LogP contribution in [-0.2, 0) is 27.9 Å². The molecule has 1 heterocycles. The summed E-state index contributed by atoms with van der Waals surface area (Å²) in [4.78, 5) is 36.9. The molecule has 0 saturated heterocycles. The summed E-state index contributed by atoms with van der Waals surface area (Å²) in [6, 6.07) is 15.5. The molecular formula is C22H22BrN3O5. The van der Waals surface area contributed by atoms with Gasteiger partial charge in [-0.15, -0.1) is 0 Å². The van der Waals surface area contributed by atoms with Crippen LogP contribution >= 0.6 is 15.9 Å². The van der Waals surface area contributed by atoms with E-state index in [4.69, 9.17) is 9.47 Å². The highest BCUT2D eigenvalue weighted by Crippen LogP contribution is 2.26. The molecular weight excluding hydrogens is 466 g/mol. The number of methoxy groups -OCH3 is 1. The number of carbonyl (C=O) groups excluding carboxylic acids is 3. The molecule has 0 radical (unpaired) electrons. The van der Waals surface area contributed by atoms with E-state index in [0.717, 1.165) is 20.9 Å². The highest BCUT2D eigenvalue weighted by atomic mass is 79.9. The summed E-state index contributed by atoms with van der Waals surface area (Å²) in [5, 5.41) is 5.99. The number of aromatic nitrogens is 1. The second-order valence-corrected chi connectivity index (χ2v) is 7.61. The molecule has 0 saturated carbocycles. The van der Waals surface area contributed by atoms with Crippen molar-refractivity contribution in [3.63, 3.8) is 0 Å². The third-order valence-electron chi connectivity index (χ3n) is 4.72. The van der Waals surface area contributed by atoms with Crippen LogP contribution in [0.5, 0.6) is 0 Å². The molecule has 3 aromatic rings. The molecule has 3 rings (SSSR count). The van der Waals surface area contributed by atoms with Crippen molar-refractivity contribution in [3.05, 3.63) is 70.3 Å². The summed E-state index contributed by atoms with van der Waals surface area (Å²) in [5.74, 6) is -1.09. The van der Waals surface area contributed by atoms with Crippen molar-refractivity contribution in [2.75, 3.05) is 13.7 Å². The third-order valence-corrected chi connectivity index (χ3v) is 5.42. The SMILES string of the molecule is COC(=O)C(CNC(=O)c1cc2c(Br)cccc2n1C)NC(=O)OCc1ccccc1. The van der Waals surface area contributed by atoms with Gasteiger partial charge in [0.15, 0.2) is 0 Å². The van der Waals surface area contributed by atoms with E-state index in [-0.39, 0.29) is 19.1 Å². The molecule has 2 N–H and O–H groups in total. The van der Waals surface area contributed by atoms with Crippen molar-refractivity contribution in [1.29, 1.82) is 0 Å². The quantitative estimate of drug-likeness (QED) is 0.498. The summed E-state index contributed by atoms with van der Waals surface area (Å²) in [6.07, 6.45) is -0.790. The number of hydrogen-bond donors (Lipinski definition) is 2. The third kappa shape index (κ3) is 5.43. The van der Waals surface area contributed by atoms with Gasteiger partial charge in [0.1, 0.15) is 18.3 Å². The molecule has 2 amide bonds. The van der Waals surface area contributed by atoms with Gasteiger partial charge in [-0.05, 0) is 23.8 Å². The first-order valence-corrected chi connectivity index (χ1v) is 10.3. The lowest BCUT2D eigenvalue weighted by Gasteiger charge is -2.17. The van der Waals surface area contributed by atoms with Crippen molar-refractivity contribution >= 4 is 44.8 Å². The Balaban J connectivity index is 1.62. The molecule has 0 aliphatic carbocycles. The number of esters is 1. The van der Waals surface area contributed by atoms with Gasteiger partial charge in [0.2, 0.25) is 0 Å². The van der Waals surface area contributed by atoms with E-state index in [1.807, 2.05) is 48.5 Å². The Bertz CT molecular complexity index is 1100. The molecule has 1 unspecified atom stereocenters. The van der Waals surface area contributed by atoms with E-state index >= 15 is 0 Å². The van der Waals surface area contributed by atoms with E-state index in [0.29, 0.717) is 5.69 Å². The van der Waals surface area contributed by atoms with Crippen molar-refractivity contribution in [1.82, 2.24) is 15.2 Å². The molecule has 2 aromatic carbocycles. The maximum atomic E-state index is 12.7. The number of ether oxygens (including phenoxy) is 2. The highest BCUT2D eigenvalue weighted by Gasteiger charge is 2.24. The van der Waals surface area contributed by atoms with E-state index < -0.39 is 18.1 Å². The van der Waals surface area contributed by atoms with Crippen molar-refractivity contribution < 1.29 is 23.9 Å². The molecule has 1 atom stereocenters. The normalized spacial score (nSPS) is 11.6. The van der Waals surface area contributed by atoms with Gasteiger partial charge in [0.05, 0.1) is 7.11 Å². The average Bonchev–Trinajstić information content (AvgIpc) is 3.13. The minimum Gasteiger partial charge on any atom is -0.467 e. The number of fused-ring (bicyclic) bond motifs is 1. The van der Waals surface area contributed by atoms with Gasteiger partial charge in [0.25, 0.3) is 5.91 Å². The summed E-state index contributed by atoms with van der Waals surface area (Å²) >= 11 is 3.48. The molecule has 1 aromatic heterocycles. The molecule has 0 spiro atoms. The topological polar surface area (TPSA) is 98.7 Å². The van der Waals surface area contributed by atoms with Crippen LogP contribution in [0, 0.1) is 0 Å². The largest absolute Gasteiger partial charge is 0.467 e. The van der Waals surface area contributed by atoms with Gasteiger partial charge in [0, 0.05) is 29.0 Å². The Labute approximate surface area is 187 Å². The lowest BCUT2D eigenvalue weighted by molar-refractivity contribution is -0.142. The summed E-state index contributed by atoms with van der Waals surface area (Å²) in [6.45, 7) is -0.105. The lowest BCUT2D eigenvalue weighted by atomic mass is 10.2. The fourth-order valence-electron chi connectivity index (χ4n) is 3.07. The number of benzene rings is 2. The van der Waals surface area contributed by atoms with Crippen LogP contribution in [0.2, 0.25) is 0 Å². The van der Waals surface area contributed by atoms with Crippen LogP contribution in [-0.4, -0.2) is 42.2 Å².